The Bertz CT molecular complexity index is 1070. The van der Waals surface area contributed by atoms with Gasteiger partial charge in [0.15, 0.2) is 11.5 Å². The lowest BCUT2D eigenvalue weighted by molar-refractivity contribution is 0.0697. The summed E-state index contributed by atoms with van der Waals surface area (Å²) in [6.07, 6.45) is 0. The van der Waals surface area contributed by atoms with Crippen molar-refractivity contribution >= 4 is 23.3 Å². The molecule has 7 heteroatoms. The van der Waals surface area contributed by atoms with Crippen molar-refractivity contribution in [2.45, 2.75) is 20.1 Å². The average Bonchev–Trinajstić information content (AvgIpc) is 2.72. The lowest BCUT2D eigenvalue weighted by Gasteiger charge is -2.17. The van der Waals surface area contributed by atoms with E-state index in [2.05, 4.69) is 5.32 Å². The molecule has 0 radical (unpaired) electrons. The Morgan fingerprint density at radius 1 is 1.13 bits per heavy atom. The van der Waals surface area contributed by atoms with Gasteiger partial charge < -0.3 is 19.9 Å². The number of benzene rings is 3. The molecule has 0 aliphatic carbocycles. The van der Waals surface area contributed by atoms with Crippen LogP contribution in [0.3, 0.4) is 0 Å². The van der Waals surface area contributed by atoms with Crippen LogP contribution in [0.15, 0.2) is 54.6 Å². The Morgan fingerprint density at radius 3 is 2.60 bits per heavy atom. The number of carbonyl (C=O) groups is 1. The van der Waals surface area contributed by atoms with Gasteiger partial charge in [-0.1, -0.05) is 29.8 Å². The molecule has 0 unspecified atom stereocenters. The highest BCUT2D eigenvalue weighted by Gasteiger charge is 2.13. The van der Waals surface area contributed by atoms with Crippen molar-refractivity contribution in [2.75, 3.05) is 12.4 Å². The Labute approximate surface area is 179 Å². The van der Waals surface area contributed by atoms with Gasteiger partial charge in [0.2, 0.25) is 0 Å². The van der Waals surface area contributed by atoms with Crippen LogP contribution in [0.2, 0.25) is 5.02 Å². The number of aryl methyl sites for hydroxylation is 1. The highest BCUT2D eigenvalue weighted by Crippen LogP contribution is 2.33. The Morgan fingerprint density at radius 2 is 1.93 bits per heavy atom. The van der Waals surface area contributed by atoms with Gasteiger partial charge in [-0.3, -0.25) is 0 Å². The SMILES string of the molecule is COc1cccc(CNc2ccc(C(=O)O)cc2C)c1OCc1ccc(F)cc1Cl. The van der Waals surface area contributed by atoms with E-state index in [1.165, 1.54) is 12.1 Å². The molecule has 0 spiro atoms. The molecule has 3 rings (SSSR count). The maximum Gasteiger partial charge on any atom is 0.335 e. The van der Waals surface area contributed by atoms with Crippen LogP contribution in [0, 0.1) is 12.7 Å². The minimum absolute atomic E-state index is 0.152. The molecule has 3 aromatic rings. The van der Waals surface area contributed by atoms with Crippen LogP contribution >= 0.6 is 11.6 Å². The van der Waals surface area contributed by atoms with Gasteiger partial charge >= 0.3 is 5.97 Å². The number of para-hydroxylation sites is 1. The van der Waals surface area contributed by atoms with E-state index >= 15 is 0 Å². The third kappa shape index (κ3) is 5.02. The van der Waals surface area contributed by atoms with Gasteiger partial charge in [-0.2, -0.15) is 0 Å². The molecule has 0 fully saturated rings. The van der Waals surface area contributed by atoms with E-state index in [4.69, 9.17) is 26.2 Å². The number of anilines is 1. The first-order valence-corrected chi connectivity index (χ1v) is 9.57. The van der Waals surface area contributed by atoms with Crippen molar-refractivity contribution in [1.82, 2.24) is 0 Å². The maximum atomic E-state index is 13.3. The van der Waals surface area contributed by atoms with Crippen molar-refractivity contribution < 1.29 is 23.8 Å². The third-order valence-corrected chi connectivity index (χ3v) is 4.96. The first kappa shape index (κ1) is 21.5. The average molecular weight is 430 g/mol. The van der Waals surface area contributed by atoms with Crippen LogP contribution in [0.25, 0.3) is 0 Å². The molecule has 0 atom stereocenters. The number of aromatic carboxylic acids is 1. The number of rotatable bonds is 8. The molecule has 0 saturated heterocycles. The monoisotopic (exact) mass is 429 g/mol. The fourth-order valence-corrected chi connectivity index (χ4v) is 3.22. The van der Waals surface area contributed by atoms with Gasteiger partial charge in [-0.05, 0) is 48.9 Å². The van der Waals surface area contributed by atoms with Gasteiger partial charge in [0.25, 0.3) is 0 Å². The van der Waals surface area contributed by atoms with E-state index in [9.17, 15) is 9.18 Å². The largest absolute Gasteiger partial charge is 0.493 e. The number of halogens is 2. The number of carboxylic acids is 1. The number of nitrogens with one attached hydrogen (secondary N) is 1. The van der Waals surface area contributed by atoms with Crippen LogP contribution in [0.5, 0.6) is 11.5 Å². The molecule has 30 heavy (non-hydrogen) atoms. The highest BCUT2D eigenvalue weighted by molar-refractivity contribution is 6.31. The Hall–Kier alpha value is -3.25. The Balaban J connectivity index is 1.79. The fraction of sp³-hybridized carbons (Fsp3) is 0.174. The number of hydrogen-bond acceptors (Lipinski definition) is 4. The lowest BCUT2D eigenvalue weighted by Crippen LogP contribution is -2.07. The molecule has 0 heterocycles. The number of methoxy groups -OCH3 is 1. The normalized spacial score (nSPS) is 10.5. The second kappa shape index (κ2) is 9.50. The molecule has 5 nitrogen and oxygen atoms in total. The molecule has 0 saturated carbocycles. The molecule has 156 valence electrons. The van der Waals surface area contributed by atoms with E-state index in [1.807, 2.05) is 19.1 Å². The molecular weight excluding hydrogens is 409 g/mol. The second-order valence-corrected chi connectivity index (χ2v) is 7.07. The summed E-state index contributed by atoms with van der Waals surface area (Å²) in [5.41, 5.74) is 3.37. The first-order chi connectivity index (χ1) is 14.4. The standard InChI is InChI=1S/C23H21ClFNO4/c1-14-10-15(23(27)28)7-9-20(14)26-12-16-4-3-5-21(29-2)22(16)30-13-17-6-8-18(25)11-19(17)24/h3-11,26H,12-13H2,1-2H3,(H,27,28). The molecule has 0 aromatic heterocycles. The van der Waals surface area contributed by atoms with Crippen molar-refractivity contribution in [3.63, 3.8) is 0 Å². The van der Waals surface area contributed by atoms with Crippen molar-refractivity contribution in [3.8, 4) is 11.5 Å². The fourth-order valence-electron chi connectivity index (χ4n) is 3.00. The zero-order valence-electron chi connectivity index (χ0n) is 16.5. The summed E-state index contributed by atoms with van der Waals surface area (Å²) in [6, 6.07) is 14.6. The predicted octanol–water partition coefficient (Wildman–Crippen LogP) is 5.69. The molecular formula is C23H21ClFNO4. The van der Waals surface area contributed by atoms with Crippen molar-refractivity contribution in [3.05, 3.63) is 87.7 Å². The van der Waals surface area contributed by atoms with Crippen LogP contribution in [0.1, 0.15) is 27.0 Å². The van der Waals surface area contributed by atoms with Crippen molar-refractivity contribution in [2.24, 2.45) is 0 Å². The molecule has 2 N–H and O–H groups in total. The minimum atomic E-state index is -0.965. The summed E-state index contributed by atoms with van der Waals surface area (Å²) >= 11 is 6.10. The summed E-state index contributed by atoms with van der Waals surface area (Å²) in [7, 11) is 1.55. The highest BCUT2D eigenvalue weighted by atomic mass is 35.5. The van der Waals surface area contributed by atoms with Gasteiger partial charge in [-0.15, -0.1) is 0 Å². The number of carboxylic acid groups (broad SMARTS) is 1. The zero-order chi connectivity index (χ0) is 21.7. The van der Waals surface area contributed by atoms with E-state index in [0.717, 1.165) is 16.8 Å². The van der Waals surface area contributed by atoms with Crippen LogP contribution in [0.4, 0.5) is 10.1 Å². The first-order valence-electron chi connectivity index (χ1n) is 9.19. The van der Waals surface area contributed by atoms with Gasteiger partial charge in [0.1, 0.15) is 12.4 Å². The second-order valence-electron chi connectivity index (χ2n) is 6.66. The topological polar surface area (TPSA) is 67.8 Å². The summed E-state index contributed by atoms with van der Waals surface area (Å²) in [5.74, 6) is -0.263. The van der Waals surface area contributed by atoms with E-state index in [-0.39, 0.29) is 12.2 Å². The van der Waals surface area contributed by atoms with Gasteiger partial charge in [0.05, 0.1) is 17.7 Å². The van der Waals surface area contributed by atoms with E-state index < -0.39 is 11.8 Å². The predicted molar refractivity (Wildman–Crippen MR) is 114 cm³/mol. The van der Waals surface area contributed by atoms with Crippen LogP contribution in [-0.2, 0) is 13.2 Å². The van der Waals surface area contributed by atoms with Crippen LogP contribution in [-0.4, -0.2) is 18.2 Å². The summed E-state index contributed by atoms with van der Waals surface area (Å²) in [5, 5.41) is 12.7. The van der Waals surface area contributed by atoms with Crippen LogP contribution < -0.4 is 14.8 Å². The van der Waals surface area contributed by atoms with E-state index in [1.54, 1.807) is 37.4 Å². The van der Waals surface area contributed by atoms with Crippen molar-refractivity contribution in [1.29, 1.82) is 0 Å². The Kier molecular flexibility index (Phi) is 6.79. The van der Waals surface area contributed by atoms with Gasteiger partial charge in [-0.25, -0.2) is 9.18 Å². The third-order valence-electron chi connectivity index (χ3n) is 4.61. The number of ether oxygens (including phenoxy) is 2. The van der Waals surface area contributed by atoms with E-state index in [0.29, 0.717) is 28.6 Å². The summed E-state index contributed by atoms with van der Waals surface area (Å²) in [6.45, 7) is 2.42. The minimum Gasteiger partial charge on any atom is -0.493 e. The van der Waals surface area contributed by atoms with Gasteiger partial charge in [0, 0.05) is 23.4 Å². The molecule has 0 amide bonds. The smallest absolute Gasteiger partial charge is 0.335 e. The molecule has 0 bridgehead atoms. The number of hydrogen-bond donors (Lipinski definition) is 2. The summed E-state index contributed by atoms with van der Waals surface area (Å²) in [4.78, 5) is 11.1. The summed E-state index contributed by atoms with van der Waals surface area (Å²) < 4.78 is 24.7. The molecule has 3 aromatic carbocycles. The maximum absolute atomic E-state index is 13.3. The molecule has 0 aliphatic heterocycles. The zero-order valence-corrected chi connectivity index (χ0v) is 17.3. The molecule has 0 aliphatic rings. The lowest BCUT2D eigenvalue weighted by atomic mass is 10.1. The quantitative estimate of drug-likeness (QED) is 0.481.